The van der Waals surface area contributed by atoms with E-state index < -0.39 is 0 Å². The molecule has 1 N–H and O–H groups in total. The average Bonchev–Trinajstić information content (AvgIpc) is 3.17. The Morgan fingerprint density at radius 3 is 3.00 bits per heavy atom. The zero-order chi connectivity index (χ0) is 19.3. The van der Waals surface area contributed by atoms with Crippen LogP contribution in [0, 0.1) is 11.3 Å². The lowest BCUT2D eigenvalue weighted by Crippen LogP contribution is -2.30. The monoisotopic (exact) mass is 370 g/mol. The highest BCUT2D eigenvalue weighted by molar-refractivity contribution is 5.66. The molecule has 3 aromatic rings. The number of aromatic amines is 1. The number of para-hydroxylation sites is 1. The third-order valence-corrected chi connectivity index (χ3v) is 5.08. The maximum Gasteiger partial charge on any atom is 0.126 e. The second-order valence-electron chi connectivity index (χ2n) is 6.85. The Balaban J connectivity index is 1.50. The Morgan fingerprint density at radius 1 is 1.25 bits per heavy atom. The maximum atomic E-state index is 9.17. The van der Waals surface area contributed by atoms with E-state index in [0.29, 0.717) is 5.56 Å². The van der Waals surface area contributed by atoms with Gasteiger partial charge >= 0.3 is 0 Å². The van der Waals surface area contributed by atoms with Crippen molar-refractivity contribution in [3.05, 3.63) is 77.0 Å². The fourth-order valence-corrected chi connectivity index (χ4v) is 3.61. The van der Waals surface area contributed by atoms with Crippen LogP contribution in [-0.2, 0) is 13.0 Å². The van der Waals surface area contributed by atoms with Gasteiger partial charge in [-0.2, -0.15) is 10.4 Å². The predicted octanol–water partition coefficient (Wildman–Crippen LogP) is 4.03. The van der Waals surface area contributed by atoms with Crippen LogP contribution in [0.3, 0.4) is 0 Å². The van der Waals surface area contributed by atoms with Crippen molar-refractivity contribution < 1.29 is 4.74 Å². The highest BCUT2D eigenvalue weighted by Gasteiger charge is 2.22. The molecule has 0 bridgehead atoms. The largest absolute Gasteiger partial charge is 0.496 e. The Hall–Kier alpha value is -3.36. The number of H-pyrrole nitrogens is 1. The molecule has 0 spiro atoms. The third-order valence-electron chi connectivity index (χ3n) is 5.08. The molecule has 1 aromatic heterocycles. The summed E-state index contributed by atoms with van der Waals surface area (Å²) in [4.78, 5) is 2.40. The first-order valence-electron chi connectivity index (χ1n) is 9.37. The molecule has 0 unspecified atom stereocenters. The van der Waals surface area contributed by atoms with E-state index in [1.165, 1.54) is 11.3 Å². The number of nitrogens with zero attached hydrogens (tertiary/aromatic N) is 3. The number of hydrogen-bond donors (Lipinski definition) is 1. The molecule has 0 saturated heterocycles. The van der Waals surface area contributed by atoms with Gasteiger partial charge in [0, 0.05) is 48.4 Å². The molecule has 1 aliphatic heterocycles. The number of hydrogen-bond acceptors (Lipinski definition) is 4. The van der Waals surface area contributed by atoms with Crippen molar-refractivity contribution in [3.63, 3.8) is 0 Å². The maximum absolute atomic E-state index is 9.17. The fraction of sp³-hybridized carbons (Fsp3) is 0.217. The standard InChI is InChI=1S/C23H22N4O/c1-28-22-10-3-2-7-18(22)9-5-12-27-13-11-21-20(16-27)23(26-25-21)19-8-4-6-17(14-19)15-24/h2-10,14H,11-13,16H2,1H3,(H,25,26)/b9-5+. The van der Waals surface area contributed by atoms with Gasteiger partial charge in [-0.05, 0) is 18.2 Å². The quantitative estimate of drug-likeness (QED) is 0.736. The van der Waals surface area contributed by atoms with E-state index in [1.54, 1.807) is 7.11 Å². The van der Waals surface area contributed by atoms with Crippen molar-refractivity contribution in [1.82, 2.24) is 15.1 Å². The van der Waals surface area contributed by atoms with Gasteiger partial charge in [0.25, 0.3) is 0 Å². The molecular formula is C23H22N4O. The zero-order valence-corrected chi connectivity index (χ0v) is 15.9. The number of rotatable bonds is 5. The summed E-state index contributed by atoms with van der Waals surface area (Å²) in [7, 11) is 1.70. The van der Waals surface area contributed by atoms with Crippen LogP contribution in [0.1, 0.15) is 22.4 Å². The summed E-state index contributed by atoms with van der Waals surface area (Å²) >= 11 is 0. The second kappa shape index (κ2) is 8.12. The van der Waals surface area contributed by atoms with Gasteiger partial charge in [-0.1, -0.05) is 42.5 Å². The molecule has 0 saturated carbocycles. The molecule has 0 amide bonds. The lowest BCUT2D eigenvalue weighted by Gasteiger charge is -2.25. The van der Waals surface area contributed by atoms with Gasteiger partial charge in [-0.3, -0.25) is 10.00 Å². The minimum absolute atomic E-state index is 0.654. The van der Waals surface area contributed by atoms with Crippen molar-refractivity contribution in [1.29, 1.82) is 5.26 Å². The van der Waals surface area contributed by atoms with Crippen molar-refractivity contribution in [2.75, 3.05) is 20.2 Å². The summed E-state index contributed by atoms with van der Waals surface area (Å²) in [5, 5.41) is 16.9. The molecular weight excluding hydrogens is 348 g/mol. The van der Waals surface area contributed by atoms with Crippen molar-refractivity contribution in [2.45, 2.75) is 13.0 Å². The van der Waals surface area contributed by atoms with Gasteiger partial charge < -0.3 is 4.74 Å². The van der Waals surface area contributed by atoms with Crippen LogP contribution in [0.25, 0.3) is 17.3 Å². The van der Waals surface area contributed by atoms with E-state index in [1.807, 2.05) is 42.5 Å². The minimum Gasteiger partial charge on any atom is -0.496 e. The molecule has 1 aliphatic rings. The van der Waals surface area contributed by atoms with Crippen LogP contribution >= 0.6 is 0 Å². The number of aromatic nitrogens is 2. The molecule has 28 heavy (non-hydrogen) atoms. The number of fused-ring (bicyclic) bond motifs is 1. The van der Waals surface area contributed by atoms with E-state index in [-0.39, 0.29) is 0 Å². The van der Waals surface area contributed by atoms with Crippen molar-refractivity contribution in [3.8, 4) is 23.1 Å². The van der Waals surface area contributed by atoms with Crippen molar-refractivity contribution >= 4 is 6.08 Å². The lowest BCUT2D eigenvalue weighted by atomic mass is 10.00. The average molecular weight is 370 g/mol. The van der Waals surface area contributed by atoms with E-state index in [0.717, 1.165) is 48.6 Å². The number of nitriles is 1. The van der Waals surface area contributed by atoms with Gasteiger partial charge in [-0.15, -0.1) is 0 Å². The molecule has 4 rings (SSSR count). The van der Waals surface area contributed by atoms with E-state index in [2.05, 4.69) is 39.4 Å². The van der Waals surface area contributed by atoms with Crippen LogP contribution in [0.15, 0.2) is 54.6 Å². The van der Waals surface area contributed by atoms with Crippen LogP contribution < -0.4 is 4.74 Å². The number of methoxy groups -OCH3 is 1. The van der Waals surface area contributed by atoms with Gasteiger partial charge in [-0.25, -0.2) is 0 Å². The first-order chi connectivity index (χ1) is 13.8. The Bertz CT molecular complexity index is 1040. The van der Waals surface area contributed by atoms with Gasteiger partial charge in [0.15, 0.2) is 0 Å². The molecule has 0 radical (unpaired) electrons. The number of benzene rings is 2. The Morgan fingerprint density at radius 2 is 2.14 bits per heavy atom. The van der Waals surface area contributed by atoms with Crippen molar-refractivity contribution in [2.24, 2.45) is 0 Å². The normalized spacial score (nSPS) is 14.0. The zero-order valence-electron chi connectivity index (χ0n) is 15.9. The van der Waals surface area contributed by atoms with Crippen LogP contribution in [0.4, 0.5) is 0 Å². The Kier molecular flexibility index (Phi) is 5.22. The molecule has 5 heteroatoms. The molecule has 5 nitrogen and oxygen atoms in total. The van der Waals surface area contributed by atoms with E-state index >= 15 is 0 Å². The molecule has 0 fully saturated rings. The molecule has 0 atom stereocenters. The third kappa shape index (κ3) is 3.68. The lowest BCUT2D eigenvalue weighted by molar-refractivity contribution is 0.281. The summed E-state index contributed by atoms with van der Waals surface area (Å²) in [6.45, 7) is 2.69. The summed E-state index contributed by atoms with van der Waals surface area (Å²) in [5.74, 6) is 0.883. The molecule has 140 valence electrons. The summed E-state index contributed by atoms with van der Waals surface area (Å²) in [6.07, 6.45) is 5.24. The van der Waals surface area contributed by atoms with Crippen LogP contribution in [0.5, 0.6) is 5.75 Å². The van der Waals surface area contributed by atoms with E-state index in [4.69, 9.17) is 10.00 Å². The SMILES string of the molecule is COc1ccccc1/C=C/CN1CCc2[nH]nc(-c3cccc(C#N)c3)c2C1. The summed E-state index contributed by atoms with van der Waals surface area (Å²) < 4.78 is 5.41. The van der Waals surface area contributed by atoms with E-state index in [9.17, 15) is 0 Å². The highest BCUT2D eigenvalue weighted by atomic mass is 16.5. The summed E-state index contributed by atoms with van der Waals surface area (Å²) in [6, 6.07) is 17.9. The number of ether oxygens (including phenoxy) is 1. The van der Waals surface area contributed by atoms with Crippen LogP contribution in [-0.4, -0.2) is 35.3 Å². The van der Waals surface area contributed by atoms with Gasteiger partial charge in [0.1, 0.15) is 5.75 Å². The topological polar surface area (TPSA) is 64.9 Å². The van der Waals surface area contributed by atoms with Gasteiger partial charge in [0.2, 0.25) is 0 Å². The van der Waals surface area contributed by atoms with Crippen LogP contribution in [0.2, 0.25) is 0 Å². The Labute approximate surface area is 164 Å². The first kappa shape index (κ1) is 18.0. The highest BCUT2D eigenvalue weighted by Crippen LogP contribution is 2.29. The molecule has 2 aromatic carbocycles. The minimum atomic E-state index is 0.654. The molecule has 0 aliphatic carbocycles. The summed E-state index contributed by atoms with van der Waals surface area (Å²) in [5.41, 5.74) is 6.10. The number of nitrogens with one attached hydrogen (secondary N) is 1. The molecule has 2 heterocycles. The first-order valence-corrected chi connectivity index (χ1v) is 9.37. The second-order valence-corrected chi connectivity index (χ2v) is 6.85. The smallest absolute Gasteiger partial charge is 0.126 e. The predicted molar refractivity (Wildman–Crippen MR) is 110 cm³/mol. The fourth-order valence-electron chi connectivity index (χ4n) is 3.61. The van der Waals surface area contributed by atoms with Gasteiger partial charge in [0.05, 0.1) is 24.4 Å².